The molecule has 0 saturated heterocycles. The molecule has 0 spiro atoms. The van der Waals surface area contributed by atoms with Crippen molar-refractivity contribution in [2.24, 2.45) is 0 Å². The van der Waals surface area contributed by atoms with Gasteiger partial charge < -0.3 is 9.73 Å². The molecule has 0 radical (unpaired) electrons. The first-order valence-corrected chi connectivity index (χ1v) is 10.2. The van der Waals surface area contributed by atoms with Gasteiger partial charge in [-0.2, -0.15) is 0 Å². The summed E-state index contributed by atoms with van der Waals surface area (Å²) in [6.07, 6.45) is 1.65. The molecule has 0 saturated carbocycles. The number of nitrogens with one attached hydrogen (secondary N) is 1. The fourth-order valence-corrected chi connectivity index (χ4v) is 4.87. The number of halogens is 1. The Morgan fingerprint density at radius 2 is 1.92 bits per heavy atom. The number of hydrogen-bond acceptors (Lipinski definition) is 4. The molecule has 3 aromatic rings. The first-order chi connectivity index (χ1) is 12.0. The lowest BCUT2D eigenvalue weighted by Crippen LogP contribution is -2.22. The van der Waals surface area contributed by atoms with Crippen molar-refractivity contribution in [3.05, 3.63) is 58.3 Å². The Morgan fingerprint density at radius 1 is 1.16 bits per heavy atom. The molecule has 1 aliphatic heterocycles. The third-order valence-corrected chi connectivity index (χ3v) is 6.72. The molecule has 0 bridgehead atoms. The first kappa shape index (κ1) is 16.6. The zero-order chi connectivity index (χ0) is 17.6. The SMILES string of the molecule is CCc1ccc(S(=O)(=O)c2cc(Cl)c3oc4c(c3c2)CNCC4)cc1. The van der Waals surface area contributed by atoms with E-state index in [0.717, 1.165) is 41.7 Å². The van der Waals surface area contributed by atoms with E-state index in [1.54, 1.807) is 18.2 Å². The van der Waals surface area contributed by atoms with Gasteiger partial charge in [-0.15, -0.1) is 0 Å². The minimum Gasteiger partial charge on any atom is -0.459 e. The minimum atomic E-state index is -3.63. The Bertz CT molecular complexity index is 1050. The number of aryl methyl sites for hydroxylation is 1. The summed E-state index contributed by atoms with van der Waals surface area (Å²) in [5, 5.41) is 4.39. The van der Waals surface area contributed by atoms with E-state index in [1.807, 2.05) is 19.1 Å². The molecule has 1 N–H and O–H groups in total. The van der Waals surface area contributed by atoms with E-state index < -0.39 is 9.84 Å². The third-order valence-electron chi connectivity index (χ3n) is 4.69. The van der Waals surface area contributed by atoms with Gasteiger partial charge in [-0.05, 0) is 36.2 Å². The zero-order valence-electron chi connectivity index (χ0n) is 13.8. The van der Waals surface area contributed by atoms with Gasteiger partial charge in [0.2, 0.25) is 9.84 Å². The molecule has 0 fully saturated rings. The lowest BCUT2D eigenvalue weighted by Gasteiger charge is -2.11. The normalized spacial score (nSPS) is 14.6. The second-order valence-electron chi connectivity index (χ2n) is 6.21. The van der Waals surface area contributed by atoms with Crippen LogP contribution < -0.4 is 5.32 Å². The first-order valence-electron chi connectivity index (χ1n) is 8.29. The highest BCUT2D eigenvalue weighted by atomic mass is 35.5. The average Bonchev–Trinajstić information content (AvgIpc) is 3.01. The summed E-state index contributed by atoms with van der Waals surface area (Å²) in [7, 11) is -3.63. The summed E-state index contributed by atoms with van der Waals surface area (Å²) in [4.78, 5) is 0.471. The molecule has 130 valence electrons. The smallest absolute Gasteiger partial charge is 0.206 e. The molecule has 1 aromatic heterocycles. The van der Waals surface area contributed by atoms with Gasteiger partial charge >= 0.3 is 0 Å². The molecule has 25 heavy (non-hydrogen) atoms. The summed E-state index contributed by atoms with van der Waals surface area (Å²) in [6.45, 7) is 3.54. The summed E-state index contributed by atoms with van der Waals surface area (Å²) in [6, 6.07) is 10.2. The standard InChI is InChI=1S/C19H18ClNO3S/c1-2-12-3-5-13(6-4-12)25(22,23)14-9-15-16-11-21-8-7-18(16)24-19(15)17(20)10-14/h3-6,9-10,21H,2,7-8,11H2,1H3. The van der Waals surface area contributed by atoms with Gasteiger partial charge in [-0.25, -0.2) is 8.42 Å². The maximum atomic E-state index is 13.0. The Kier molecular flexibility index (Phi) is 4.10. The maximum absolute atomic E-state index is 13.0. The molecule has 0 amide bonds. The van der Waals surface area contributed by atoms with Crippen molar-refractivity contribution < 1.29 is 12.8 Å². The molecule has 0 aliphatic carbocycles. The van der Waals surface area contributed by atoms with Gasteiger partial charge in [0.15, 0.2) is 5.58 Å². The van der Waals surface area contributed by atoms with Gasteiger partial charge in [0.05, 0.1) is 14.8 Å². The van der Waals surface area contributed by atoms with Crippen molar-refractivity contribution in [1.29, 1.82) is 0 Å². The zero-order valence-corrected chi connectivity index (χ0v) is 15.4. The van der Waals surface area contributed by atoms with Crippen LogP contribution in [0.15, 0.2) is 50.6 Å². The fraction of sp³-hybridized carbons (Fsp3) is 0.263. The third kappa shape index (κ3) is 2.76. The largest absolute Gasteiger partial charge is 0.459 e. The predicted molar refractivity (Wildman–Crippen MR) is 97.9 cm³/mol. The number of benzene rings is 2. The van der Waals surface area contributed by atoms with E-state index in [-0.39, 0.29) is 9.79 Å². The van der Waals surface area contributed by atoms with Crippen LogP contribution in [0.2, 0.25) is 5.02 Å². The molecule has 4 nitrogen and oxygen atoms in total. The quantitative estimate of drug-likeness (QED) is 0.747. The van der Waals surface area contributed by atoms with Crippen LogP contribution in [0.5, 0.6) is 0 Å². The Morgan fingerprint density at radius 3 is 2.64 bits per heavy atom. The van der Waals surface area contributed by atoms with Crippen LogP contribution in [-0.4, -0.2) is 15.0 Å². The molecular formula is C19H18ClNO3S. The highest BCUT2D eigenvalue weighted by Gasteiger charge is 2.24. The van der Waals surface area contributed by atoms with E-state index in [9.17, 15) is 8.42 Å². The van der Waals surface area contributed by atoms with Crippen LogP contribution in [0, 0.1) is 0 Å². The van der Waals surface area contributed by atoms with Crippen LogP contribution >= 0.6 is 11.6 Å². The number of furan rings is 1. The van der Waals surface area contributed by atoms with E-state index in [0.29, 0.717) is 17.2 Å². The highest BCUT2D eigenvalue weighted by Crippen LogP contribution is 2.36. The Hall–Kier alpha value is -1.82. The van der Waals surface area contributed by atoms with E-state index >= 15 is 0 Å². The van der Waals surface area contributed by atoms with Crippen molar-refractivity contribution >= 4 is 32.4 Å². The molecule has 0 atom stereocenters. The predicted octanol–water partition coefficient (Wildman–Crippen LogP) is 4.13. The van der Waals surface area contributed by atoms with Gasteiger partial charge in [-0.1, -0.05) is 30.7 Å². The molecule has 2 heterocycles. The van der Waals surface area contributed by atoms with E-state index in [2.05, 4.69) is 5.32 Å². The van der Waals surface area contributed by atoms with Gasteiger partial charge in [0, 0.05) is 30.5 Å². The summed E-state index contributed by atoms with van der Waals surface area (Å²) < 4.78 is 31.9. The van der Waals surface area contributed by atoms with E-state index in [1.165, 1.54) is 6.07 Å². The van der Waals surface area contributed by atoms with Crippen molar-refractivity contribution in [2.45, 2.75) is 36.1 Å². The van der Waals surface area contributed by atoms with Crippen LogP contribution in [-0.2, 0) is 29.2 Å². The average molecular weight is 376 g/mol. The van der Waals surface area contributed by atoms with E-state index in [4.69, 9.17) is 16.0 Å². The van der Waals surface area contributed by atoms with Crippen LogP contribution in [0.1, 0.15) is 23.8 Å². The molecule has 2 aromatic carbocycles. The highest BCUT2D eigenvalue weighted by molar-refractivity contribution is 7.91. The van der Waals surface area contributed by atoms with Gasteiger partial charge in [0.1, 0.15) is 5.76 Å². The number of rotatable bonds is 3. The van der Waals surface area contributed by atoms with Crippen LogP contribution in [0.25, 0.3) is 11.0 Å². The molecular weight excluding hydrogens is 358 g/mol. The topological polar surface area (TPSA) is 59.3 Å². The van der Waals surface area contributed by atoms with Gasteiger partial charge in [-0.3, -0.25) is 0 Å². The Labute approximate surface area is 151 Å². The maximum Gasteiger partial charge on any atom is 0.206 e. The summed E-state index contributed by atoms with van der Waals surface area (Å²) in [5.74, 6) is 0.887. The minimum absolute atomic E-state index is 0.198. The molecule has 4 rings (SSSR count). The number of hydrogen-bond donors (Lipinski definition) is 1. The van der Waals surface area contributed by atoms with Crippen molar-refractivity contribution in [2.75, 3.05) is 6.54 Å². The van der Waals surface area contributed by atoms with Crippen LogP contribution in [0.4, 0.5) is 0 Å². The fourth-order valence-electron chi connectivity index (χ4n) is 3.24. The van der Waals surface area contributed by atoms with Crippen molar-refractivity contribution in [3.8, 4) is 0 Å². The molecule has 1 aliphatic rings. The number of sulfone groups is 1. The lowest BCUT2D eigenvalue weighted by atomic mass is 10.1. The van der Waals surface area contributed by atoms with Crippen molar-refractivity contribution in [1.82, 2.24) is 5.32 Å². The van der Waals surface area contributed by atoms with Crippen LogP contribution in [0.3, 0.4) is 0 Å². The molecule has 6 heteroatoms. The Balaban J connectivity index is 1.87. The summed E-state index contributed by atoms with van der Waals surface area (Å²) in [5.41, 5.74) is 2.67. The second-order valence-corrected chi connectivity index (χ2v) is 8.57. The second kappa shape index (κ2) is 6.16. The molecule has 0 unspecified atom stereocenters. The monoisotopic (exact) mass is 375 g/mol. The number of fused-ring (bicyclic) bond motifs is 3. The van der Waals surface area contributed by atoms with Gasteiger partial charge in [0.25, 0.3) is 0 Å². The van der Waals surface area contributed by atoms with Crippen molar-refractivity contribution in [3.63, 3.8) is 0 Å². The lowest BCUT2D eigenvalue weighted by molar-refractivity contribution is 0.500. The summed E-state index contributed by atoms with van der Waals surface area (Å²) >= 11 is 6.34.